The molecule has 0 amide bonds. The van der Waals surface area contributed by atoms with Crippen LogP contribution < -0.4 is 10.1 Å². The fraction of sp³-hybridized carbons (Fsp3) is 0.500. The predicted octanol–water partition coefficient (Wildman–Crippen LogP) is 1.63. The number of aromatic nitrogens is 3. The van der Waals surface area contributed by atoms with Crippen LogP contribution in [0.25, 0.3) is 5.65 Å². The third-order valence-electron chi connectivity index (χ3n) is 4.15. The first-order valence-electron chi connectivity index (χ1n) is 7.17. The molecule has 110 valence electrons. The van der Waals surface area contributed by atoms with Gasteiger partial charge in [0.25, 0.3) is 0 Å². The zero-order chi connectivity index (χ0) is 14.4. The number of carbonyl (C=O) groups is 1. The molecular formula is C14H16N4O3. The maximum Gasteiger partial charge on any atom is 0.343 e. The summed E-state index contributed by atoms with van der Waals surface area (Å²) in [5.74, 6) is 0.938. The predicted molar refractivity (Wildman–Crippen MR) is 74.6 cm³/mol. The van der Waals surface area contributed by atoms with Crippen molar-refractivity contribution in [3.63, 3.8) is 0 Å². The van der Waals surface area contributed by atoms with E-state index in [0.717, 1.165) is 12.8 Å². The minimum atomic E-state index is -0.407. The van der Waals surface area contributed by atoms with Gasteiger partial charge in [0.15, 0.2) is 17.2 Å². The second kappa shape index (κ2) is 4.34. The van der Waals surface area contributed by atoms with Crippen molar-refractivity contribution in [1.29, 1.82) is 0 Å². The highest BCUT2D eigenvalue weighted by Crippen LogP contribution is 2.41. The van der Waals surface area contributed by atoms with E-state index in [-0.39, 0.29) is 5.54 Å². The van der Waals surface area contributed by atoms with E-state index in [1.807, 2.05) is 0 Å². The summed E-state index contributed by atoms with van der Waals surface area (Å²) >= 11 is 0. The van der Waals surface area contributed by atoms with Gasteiger partial charge < -0.3 is 14.8 Å². The Morgan fingerprint density at radius 1 is 1.57 bits per heavy atom. The SMILES string of the molecule is CCOC(=O)c1cnn2cc3c(nc12)NC1(CCC1)CO3. The van der Waals surface area contributed by atoms with E-state index in [2.05, 4.69) is 15.4 Å². The molecule has 1 aliphatic carbocycles. The van der Waals surface area contributed by atoms with Crippen LogP contribution in [0, 0.1) is 0 Å². The van der Waals surface area contributed by atoms with Gasteiger partial charge in [0.1, 0.15) is 12.2 Å². The molecular weight excluding hydrogens is 272 g/mol. The van der Waals surface area contributed by atoms with Crippen LogP contribution in [0.1, 0.15) is 36.5 Å². The van der Waals surface area contributed by atoms with Crippen LogP contribution in [0.2, 0.25) is 0 Å². The van der Waals surface area contributed by atoms with Crippen molar-refractivity contribution in [2.24, 2.45) is 0 Å². The molecule has 7 heteroatoms. The van der Waals surface area contributed by atoms with Gasteiger partial charge in [-0.05, 0) is 26.2 Å². The molecule has 1 spiro atoms. The molecule has 2 aromatic rings. The molecule has 0 unspecified atom stereocenters. The maximum absolute atomic E-state index is 11.9. The lowest BCUT2D eigenvalue weighted by Gasteiger charge is -2.45. The van der Waals surface area contributed by atoms with Crippen molar-refractivity contribution in [1.82, 2.24) is 14.6 Å². The number of esters is 1. The van der Waals surface area contributed by atoms with Gasteiger partial charge in [-0.15, -0.1) is 0 Å². The Hall–Kier alpha value is -2.31. The van der Waals surface area contributed by atoms with E-state index in [9.17, 15) is 4.79 Å². The zero-order valence-corrected chi connectivity index (χ0v) is 11.8. The van der Waals surface area contributed by atoms with Crippen LogP contribution >= 0.6 is 0 Å². The molecule has 0 atom stereocenters. The zero-order valence-electron chi connectivity index (χ0n) is 11.8. The maximum atomic E-state index is 11.9. The average molecular weight is 288 g/mol. The molecule has 0 bridgehead atoms. The summed E-state index contributed by atoms with van der Waals surface area (Å²) in [4.78, 5) is 16.4. The van der Waals surface area contributed by atoms with Crippen LogP contribution in [0.3, 0.4) is 0 Å². The van der Waals surface area contributed by atoms with Gasteiger partial charge in [-0.25, -0.2) is 14.3 Å². The third-order valence-corrected chi connectivity index (χ3v) is 4.15. The van der Waals surface area contributed by atoms with Gasteiger partial charge >= 0.3 is 5.97 Å². The molecule has 4 rings (SSSR count). The van der Waals surface area contributed by atoms with Crippen molar-refractivity contribution in [3.8, 4) is 5.75 Å². The van der Waals surface area contributed by atoms with Crippen LogP contribution in [0.5, 0.6) is 5.75 Å². The molecule has 2 aromatic heterocycles. The summed E-state index contributed by atoms with van der Waals surface area (Å²) in [6.45, 7) is 2.75. The fourth-order valence-electron chi connectivity index (χ4n) is 2.82. The Morgan fingerprint density at radius 3 is 3.14 bits per heavy atom. The number of carbonyl (C=O) groups excluding carboxylic acids is 1. The van der Waals surface area contributed by atoms with E-state index < -0.39 is 5.97 Å². The lowest BCUT2D eigenvalue weighted by Crippen LogP contribution is -2.52. The molecule has 21 heavy (non-hydrogen) atoms. The summed E-state index contributed by atoms with van der Waals surface area (Å²) in [5.41, 5.74) is 0.872. The number of anilines is 1. The van der Waals surface area contributed by atoms with Crippen LogP contribution in [-0.4, -0.2) is 39.3 Å². The van der Waals surface area contributed by atoms with E-state index in [4.69, 9.17) is 9.47 Å². The van der Waals surface area contributed by atoms with Crippen molar-refractivity contribution >= 4 is 17.4 Å². The van der Waals surface area contributed by atoms with Gasteiger partial charge in [-0.1, -0.05) is 0 Å². The minimum Gasteiger partial charge on any atom is -0.486 e. The Morgan fingerprint density at radius 2 is 2.43 bits per heavy atom. The second-order valence-electron chi connectivity index (χ2n) is 5.55. The summed E-state index contributed by atoms with van der Waals surface area (Å²) in [7, 11) is 0. The summed E-state index contributed by atoms with van der Waals surface area (Å²) in [6.07, 6.45) is 6.60. The van der Waals surface area contributed by atoms with E-state index in [1.54, 1.807) is 17.6 Å². The lowest BCUT2D eigenvalue weighted by molar-refractivity contribution is 0.0528. The number of rotatable bonds is 2. The third kappa shape index (κ3) is 1.84. The monoisotopic (exact) mass is 288 g/mol. The largest absolute Gasteiger partial charge is 0.486 e. The minimum absolute atomic E-state index is 0.0163. The first-order chi connectivity index (χ1) is 10.2. The highest BCUT2D eigenvalue weighted by atomic mass is 16.5. The van der Waals surface area contributed by atoms with Crippen molar-refractivity contribution in [2.75, 3.05) is 18.5 Å². The molecule has 7 nitrogen and oxygen atoms in total. The molecule has 1 saturated carbocycles. The number of fused-ring (bicyclic) bond motifs is 2. The summed E-state index contributed by atoms with van der Waals surface area (Å²) < 4.78 is 12.4. The average Bonchev–Trinajstić information content (AvgIpc) is 2.85. The number of ether oxygens (including phenoxy) is 2. The molecule has 2 aliphatic rings. The van der Waals surface area contributed by atoms with Gasteiger partial charge in [-0.2, -0.15) is 5.10 Å². The highest BCUT2D eigenvalue weighted by molar-refractivity contribution is 5.95. The van der Waals surface area contributed by atoms with Gasteiger partial charge in [0.05, 0.1) is 24.5 Å². The standard InChI is InChI=1S/C14H16N4O3/c1-2-20-13(19)9-6-15-18-7-10-11(16-12(9)18)17-14(8-21-10)4-3-5-14/h6-7H,2-5,8H2,1H3,(H,16,17). The van der Waals surface area contributed by atoms with Gasteiger partial charge in [0, 0.05) is 0 Å². The number of hydrogen-bond donors (Lipinski definition) is 1. The number of nitrogens with zero attached hydrogens (tertiary/aromatic N) is 3. The van der Waals surface area contributed by atoms with E-state index in [0.29, 0.717) is 36.0 Å². The van der Waals surface area contributed by atoms with Crippen LogP contribution in [0.4, 0.5) is 5.82 Å². The van der Waals surface area contributed by atoms with Gasteiger partial charge in [0.2, 0.25) is 0 Å². The molecule has 3 heterocycles. The molecule has 1 aliphatic heterocycles. The Bertz CT molecular complexity index is 720. The van der Waals surface area contributed by atoms with Crippen molar-refractivity contribution in [2.45, 2.75) is 31.7 Å². The topological polar surface area (TPSA) is 77.8 Å². The quantitative estimate of drug-likeness (QED) is 0.846. The normalized spacial score (nSPS) is 18.5. The first kappa shape index (κ1) is 12.4. The highest BCUT2D eigenvalue weighted by Gasteiger charge is 2.41. The molecule has 0 aromatic carbocycles. The molecule has 1 fully saturated rings. The molecule has 0 saturated heterocycles. The van der Waals surface area contributed by atoms with E-state index >= 15 is 0 Å². The number of nitrogens with one attached hydrogen (secondary N) is 1. The first-order valence-corrected chi connectivity index (χ1v) is 7.17. The Labute approximate surface area is 121 Å². The van der Waals surface area contributed by atoms with E-state index in [1.165, 1.54) is 12.6 Å². The molecule has 1 N–H and O–H groups in total. The summed E-state index contributed by atoms with van der Waals surface area (Å²) in [5, 5.41) is 7.61. The lowest BCUT2D eigenvalue weighted by atomic mass is 9.77. The molecule has 0 radical (unpaired) electrons. The Balaban J connectivity index is 1.76. The smallest absolute Gasteiger partial charge is 0.343 e. The number of hydrogen-bond acceptors (Lipinski definition) is 6. The van der Waals surface area contributed by atoms with Crippen molar-refractivity contribution < 1.29 is 14.3 Å². The van der Waals surface area contributed by atoms with Crippen LogP contribution in [0.15, 0.2) is 12.4 Å². The van der Waals surface area contributed by atoms with Gasteiger partial charge in [-0.3, -0.25) is 0 Å². The second-order valence-corrected chi connectivity index (χ2v) is 5.55. The Kier molecular flexibility index (Phi) is 2.57. The summed E-state index contributed by atoms with van der Waals surface area (Å²) in [6, 6.07) is 0. The fourth-order valence-corrected chi connectivity index (χ4v) is 2.82. The van der Waals surface area contributed by atoms with Crippen LogP contribution in [-0.2, 0) is 4.74 Å². The van der Waals surface area contributed by atoms with Crippen molar-refractivity contribution in [3.05, 3.63) is 18.0 Å².